The fraction of sp³-hybridized carbons (Fsp3) is 0.886. The van der Waals surface area contributed by atoms with Gasteiger partial charge in [-0.3, -0.25) is 4.79 Å². The third-order valence-electron chi connectivity index (χ3n) is 17.8. The molecule has 0 radical (unpaired) electrons. The third kappa shape index (κ3) is 5.50. The zero-order valence-electron chi connectivity index (χ0n) is 34.3. The van der Waals surface area contributed by atoms with Crippen LogP contribution in [0.1, 0.15) is 134 Å². The molecule has 16 atom stereocenters. The molecule has 0 spiro atoms. The van der Waals surface area contributed by atoms with E-state index in [-0.39, 0.29) is 51.3 Å². The number of carbonyl (C=O) groups is 1. The highest BCUT2D eigenvalue weighted by Gasteiger charge is 2.66. The molecule has 1 aliphatic heterocycles. The van der Waals surface area contributed by atoms with Gasteiger partial charge < -0.3 is 29.9 Å². The Morgan fingerprint density at radius 2 is 1.18 bits per heavy atom. The number of aliphatic hydroxyl groups is 4. The summed E-state index contributed by atoms with van der Waals surface area (Å²) in [7, 11) is 0. The van der Waals surface area contributed by atoms with Crippen LogP contribution in [-0.2, 0) is 14.3 Å². The van der Waals surface area contributed by atoms with Crippen LogP contribution in [0.25, 0.3) is 0 Å². The van der Waals surface area contributed by atoms with Crippen molar-refractivity contribution in [1.82, 2.24) is 0 Å². The molecule has 6 saturated carbocycles. The summed E-state index contributed by atoms with van der Waals surface area (Å²) in [5.74, 6) is 2.59. The van der Waals surface area contributed by atoms with Gasteiger partial charge in [0.15, 0.2) is 5.79 Å². The molecule has 9 aliphatic rings. The number of rotatable bonds is 2. The number of Topliss-reactive ketones (excluding diaryl/α,β-unsaturated/α-hetero) is 1. The molecular formula is C44H68O7. The number of allylic oxidation sites excluding steroid dienone is 2. The summed E-state index contributed by atoms with van der Waals surface area (Å²) < 4.78 is 28.3. The van der Waals surface area contributed by atoms with Gasteiger partial charge in [0.25, 0.3) is 0 Å². The minimum atomic E-state index is -1.35. The van der Waals surface area contributed by atoms with Gasteiger partial charge >= 0.3 is 0 Å². The van der Waals surface area contributed by atoms with Gasteiger partial charge in [-0.1, -0.05) is 51.0 Å². The lowest BCUT2D eigenvalue weighted by molar-refractivity contribution is -0.223. The van der Waals surface area contributed by atoms with Gasteiger partial charge in [-0.2, -0.15) is 0 Å². The molecular weight excluding hydrogens is 640 g/mol. The normalized spacial score (nSPS) is 57.3. The van der Waals surface area contributed by atoms with E-state index in [1.54, 1.807) is 6.92 Å². The number of ketones is 1. The maximum atomic E-state index is 12.2. The Bertz CT molecular complexity index is 1530. The van der Waals surface area contributed by atoms with Crippen molar-refractivity contribution in [3.8, 4) is 0 Å². The Kier molecular flexibility index (Phi) is 8.59. The van der Waals surface area contributed by atoms with Crippen molar-refractivity contribution in [2.24, 2.45) is 69.0 Å². The molecule has 6 unspecified atom stereocenters. The molecule has 9 rings (SSSR count). The minimum absolute atomic E-state index is 0.0339. The second-order valence-corrected chi connectivity index (χ2v) is 20.0. The Balaban J connectivity index is 0.000000152. The largest absolute Gasteiger partial charge is 0.393 e. The maximum Gasteiger partial charge on any atom is 0.169 e. The minimum Gasteiger partial charge on any atom is -0.393 e. The Morgan fingerprint density at radius 1 is 0.706 bits per heavy atom. The van der Waals surface area contributed by atoms with E-state index in [9.17, 15) is 25.2 Å². The smallest absolute Gasteiger partial charge is 0.169 e. The summed E-state index contributed by atoms with van der Waals surface area (Å²) in [4.78, 5) is 12.2. The third-order valence-corrected chi connectivity index (χ3v) is 17.8. The highest BCUT2D eigenvalue weighted by atomic mass is 16.7. The first kappa shape index (κ1) is 34.4. The van der Waals surface area contributed by atoms with Gasteiger partial charge in [0, 0.05) is 11.8 Å². The predicted molar refractivity (Wildman–Crippen MR) is 196 cm³/mol. The molecule has 7 nitrogen and oxygen atoms in total. The fourth-order valence-corrected chi connectivity index (χ4v) is 15.5. The standard InChI is InChI=1S/C23H36O4.C21H32O3/c1-21-9-8-15(24)12-14(21)4-5-16-17-6-7-19(23(3)26-10-11-27-23)22(17,2)13-18(25)20(16)21;1-12(22)16-6-7-17-15-5-4-13-10-14(23)8-9-20(13,2)19(15)18(24)11-21(16,17)3/h4,15-20,24-25H,5-13H2,1-3H3;4,14-19,23-24H,5-11H2,1-3H3/t15-,16?,17?,18-,19-,20?,21-,22-;14-,15?,16+,17?,18-,19?,20-,21+/m00/s1/i15D;14D. The molecule has 51 heavy (non-hydrogen) atoms. The molecule has 0 amide bonds. The van der Waals surface area contributed by atoms with Gasteiger partial charge in [0.2, 0.25) is 0 Å². The van der Waals surface area contributed by atoms with Gasteiger partial charge in [-0.25, -0.2) is 0 Å². The molecule has 0 aromatic heterocycles. The summed E-state index contributed by atoms with van der Waals surface area (Å²) in [6.45, 7) is 14.3. The van der Waals surface area contributed by atoms with Gasteiger partial charge in [0.1, 0.15) is 5.78 Å². The fourth-order valence-electron chi connectivity index (χ4n) is 15.5. The number of ether oxygens (including phenoxy) is 2. The summed E-state index contributed by atoms with van der Waals surface area (Å²) in [6, 6.07) is 0. The van der Waals surface area contributed by atoms with Crippen LogP contribution in [0.15, 0.2) is 23.3 Å². The van der Waals surface area contributed by atoms with E-state index in [1.165, 1.54) is 17.6 Å². The van der Waals surface area contributed by atoms with Crippen molar-refractivity contribution in [3.63, 3.8) is 0 Å². The van der Waals surface area contributed by atoms with E-state index < -0.39 is 24.1 Å². The number of hydrogen-bond donors (Lipinski definition) is 4. The Labute approximate surface area is 309 Å². The molecule has 1 saturated heterocycles. The van der Waals surface area contributed by atoms with Crippen molar-refractivity contribution >= 4 is 5.78 Å². The van der Waals surface area contributed by atoms with Crippen LogP contribution in [-0.4, -0.2) is 69.6 Å². The van der Waals surface area contributed by atoms with Gasteiger partial charge in [-0.05, 0) is 161 Å². The average molecular weight is 711 g/mol. The number of aliphatic hydroxyl groups excluding tert-OH is 2. The van der Waals surface area contributed by atoms with E-state index in [4.69, 9.17) is 12.2 Å². The summed E-state index contributed by atoms with van der Waals surface area (Å²) in [5.41, 5.74) is 2.17. The maximum absolute atomic E-state index is 12.2. The van der Waals surface area contributed by atoms with E-state index in [2.05, 4.69) is 46.8 Å². The zero-order chi connectivity index (χ0) is 38.1. The monoisotopic (exact) mass is 711 g/mol. The predicted octanol–water partition coefficient (Wildman–Crippen LogP) is 7.15. The molecule has 1 heterocycles. The molecule has 8 aliphatic carbocycles. The van der Waals surface area contributed by atoms with E-state index >= 15 is 0 Å². The van der Waals surface area contributed by atoms with E-state index in [0.29, 0.717) is 68.5 Å². The summed E-state index contributed by atoms with van der Waals surface area (Å²) in [5, 5.41) is 43.2. The molecule has 7 fully saturated rings. The second kappa shape index (κ2) is 12.7. The first-order chi connectivity index (χ1) is 24.7. The highest BCUT2D eigenvalue weighted by molar-refractivity contribution is 5.79. The first-order valence-corrected chi connectivity index (χ1v) is 20.7. The summed E-state index contributed by atoms with van der Waals surface area (Å²) in [6.07, 6.45) is 12.3. The van der Waals surface area contributed by atoms with Crippen LogP contribution in [0.2, 0.25) is 0 Å². The lowest BCUT2D eigenvalue weighted by Gasteiger charge is -2.60. The SMILES string of the molecule is [2H][C@]1(O)CC[C@@]2(C)C(=CCC3C2[C@@H](O)C[C@@]2(C)C3CC[C@@H]2C(C)=O)C1.[2H][C@]1(O)CC[C@@]2(C)C(=CCC3C2[C@@H](O)C[C@@]2(C)C3CC[C@@H]2C2(C)OCCO2)C1. The van der Waals surface area contributed by atoms with Crippen LogP contribution >= 0.6 is 0 Å². The lowest BCUT2D eigenvalue weighted by Crippen LogP contribution is -2.58. The van der Waals surface area contributed by atoms with Crippen LogP contribution in [0.5, 0.6) is 0 Å². The van der Waals surface area contributed by atoms with E-state index in [1.807, 2.05) is 0 Å². The van der Waals surface area contributed by atoms with Crippen LogP contribution < -0.4 is 0 Å². The topological polar surface area (TPSA) is 116 Å². The highest BCUT2D eigenvalue weighted by Crippen LogP contribution is 2.69. The quantitative estimate of drug-likeness (QED) is 0.225. The summed E-state index contributed by atoms with van der Waals surface area (Å²) >= 11 is 0. The number of carbonyl (C=O) groups excluding carboxylic acids is 1. The number of hydrogen-bond acceptors (Lipinski definition) is 7. The van der Waals surface area contributed by atoms with Crippen molar-refractivity contribution < 1.29 is 37.4 Å². The Morgan fingerprint density at radius 3 is 1.69 bits per heavy atom. The molecule has 0 bridgehead atoms. The van der Waals surface area contributed by atoms with Crippen LogP contribution in [0, 0.1) is 69.0 Å². The Hall–Kier alpha value is -1.09. The molecule has 0 aromatic rings. The second-order valence-electron chi connectivity index (χ2n) is 20.0. The zero-order valence-corrected chi connectivity index (χ0v) is 32.3. The van der Waals surface area contributed by atoms with Gasteiger partial charge in [-0.15, -0.1) is 0 Å². The van der Waals surface area contributed by atoms with Crippen molar-refractivity contribution in [2.45, 2.75) is 162 Å². The molecule has 286 valence electrons. The van der Waals surface area contributed by atoms with Crippen molar-refractivity contribution in [1.29, 1.82) is 0 Å². The van der Waals surface area contributed by atoms with E-state index in [0.717, 1.165) is 57.8 Å². The van der Waals surface area contributed by atoms with Gasteiger partial charge in [0.05, 0.1) is 40.3 Å². The van der Waals surface area contributed by atoms with Crippen LogP contribution in [0.4, 0.5) is 0 Å². The lowest BCUT2D eigenvalue weighted by atomic mass is 9.46. The molecule has 7 heteroatoms. The number of fused-ring (bicyclic) bond motifs is 10. The average Bonchev–Trinajstić information content (AvgIpc) is 3.76. The molecule has 0 aromatic carbocycles. The van der Waals surface area contributed by atoms with Crippen molar-refractivity contribution in [3.05, 3.63) is 23.3 Å². The molecule has 4 N–H and O–H groups in total. The first-order valence-electron chi connectivity index (χ1n) is 21.7. The van der Waals surface area contributed by atoms with Crippen LogP contribution in [0.3, 0.4) is 0 Å². The van der Waals surface area contributed by atoms with Crippen molar-refractivity contribution in [2.75, 3.05) is 13.2 Å².